The molecule has 0 spiro atoms. The number of rotatable bonds is 6. The second kappa shape index (κ2) is 9.65. The van der Waals surface area contributed by atoms with E-state index in [9.17, 15) is 9.59 Å². The molecule has 5 rings (SSSR count). The van der Waals surface area contributed by atoms with E-state index in [4.69, 9.17) is 24.1 Å². The number of amides is 1. The van der Waals surface area contributed by atoms with Crippen LogP contribution in [0.25, 0.3) is 0 Å². The van der Waals surface area contributed by atoms with Crippen LogP contribution in [0, 0.1) is 5.92 Å². The van der Waals surface area contributed by atoms with Crippen LogP contribution in [-0.4, -0.2) is 59.4 Å². The van der Waals surface area contributed by atoms with E-state index in [1.165, 1.54) is 0 Å². The molecule has 2 aromatic carbocycles. The van der Waals surface area contributed by atoms with Gasteiger partial charge in [0.25, 0.3) is 5.91 Å². The number of aliphatic carboxylic acids is 1. The Morgan fingerprint density at radius 1 is 1.17 bits per heavy atom. The van der Waals surface area contributed by atoms with Gasteiger partial charge in [-0.15, -0.1) is 0 Å². The predicted octanol–water partition coefficient (Wildman–Crippen LogP) is 4.47. The summed E-state index contributed by atoms with van der Waals surface area (Å²) in [6.07, 6.45) is 2.30. The van der Waals surface area contributed by atoms with Crippen LogP contribution in [0.1, 0.15) is 62.1 Å². The van der Waals surface area contributed by atoms with Gasteiger partial charge in [0, 0.05) is 23.6 Å². The Labute approximate surface area is 211 Å². The average Bonchev–Trinajstić information content (AvgIpc) is 2.86. The lowest BCUT2D eigenvalue weighted by molar-refractivity contribution is -0.184. The minimum Gasteiger partial charge on any atom is -0.490 e. The summed E-state index contributed by atoms with van der Waals surface area (Å²) in [4.78, 5) is 26.4. The number of ether oxygens (including phenoxy) is 4. The number of carbonyl (C=O) groups excluding carboxylic acids is 1. The largest absolute Gasteiger partial charge is 0.490 e. The molecule has 3 aliphatic rings. The van der Waals surface area contributed by atoms with Crippen molar-refractivity contribution < 1.29 is 33.6 Å². The second-order valence-electron chi connectivity index (χ2n) is 10.2. The Hall–Kier alpha value is -3.26. The van der Waals surface area contributed by atoms with E-state index in [-0.39, 0.29) is 30.1 Å². The number of piperidine rings is 1. The summed E-state index contributed by atoms with van der Waals surface area (Å²) < 4.78 is 24.4. The molecule has 0 aliphatic carbocycles. The normalized spacial score (nSPS) is 26.0. The van der Waals surface area contributed by atoms with Gasteiger partial charge in [0.05, 0.1) is 24.9 Å². The first-order valence-corrected chi connectivity index (χ1v) is 12.6. The van der Waals surface area contributed by atoms with Crippen LogP contribution in [0.5, 0.6) is 17.2 Å². The van der Waals surface area contributed by atoms with Gasteiger partial charge in [0.15, 0.2) is 18.1 Å². The van der Waals surface area contributed by atoms with Gasteiger partial charge in [-0.1, -0.05) is 18.2 Å². The van der Waals surface area contributed by atoms with Gasteiger partial charge < -0.3 is 29.0 Å². The minimum atomic E-state index is -1.06. The summed E-state index contributed by atoms with van der Waals surface area (Å²) in [7, 11) is 0. The monoisotopic (exact) mass is 495 g/mol. The zero-order valence-corrected chi connectivity index (χ0v) is 20.9. The van der Waals surface area contributed by atoms with Crippen molar-refractivity contribution in [1.29, 1.82) is 0 Å². The molecule has 0 radical (unpaired) electrons. The van der Waals surface area contributed by atoms with E-state index in [0.29, 0.717) is 24.5 Å². The fraction of sp³-hybridized carbons (Fsp3) is 0.500. The van der Waals surface area contributed by atoms with Crippen LogP contribution in [0.3, 0.4) is 0 Å². The first-order valence-electron chi connectivity index (χ1n) is 12.6. The standard InChI is InChI=1S/C28H33NO7/c1-4-33-23-11-6-10-19-25-20(28(2,3)36-26(19)23)15-21-22(35-25)12-7-13-29(21)27(32)17-8-5-9-18(14-17)34-16-24(30)31/h5-6,8-11,14,20-22,25H,4,7,12-13,15-16H2,1-3H3,(H,30,31)/t20-,21-,22-,25+/m1/s1. The number of nitrogens with zero attached hydrogens (tertiary/aromatic N) is 1. The minimum absolute atomic E-state index is 0.0572. The van der Waals surface area contributed by atoms with Crippen molar-refractivity contribution in [3.8, 4) is 17.2 Å². The van der Waals surface area contributed by atoms with Gasteiger partial charge in [0.2, 0.25) is 0 Å². The van der Waals surface area contributed by atoms with Crippen LogP contribution >= 0.6 is 0 Å². The zero-order valence-electron chi connectivity index (χ0n) is 20.9. The molecule has 3 aliphatic heterocycles. The molecule has 1 amide bonds. The smallest absolute Gasteiger partial charge is 0.341 e. The van der Waals surface area contributed by atoms with Crippen molar-refractivity contribution in [3.63, 3.8) is 0 Å². The molecule has 36 heavy (non-hydrogen) atoms. The number of benzene rings is 2. The van der Waals surface area contributed by atoms with Crippen molar-refractivity contribution in [1.82, 2.24) is 4.90 Å². The molecule has 8 heteroatoms. The third kappa shape index (κ3) is 4.50. The highest BCUT2D eigenvalue weighted by Gasteiger charge is 2.53. The molecule has 0 bridgehead atoms. The highest BCUT2D eigenvalue weighted by atomic mass is 16.5. The van der Waals surface area contributed by atoms with Crippen molar-refractivity contribution in [2.75, 3.05) is 19.8 Å². The lowest BCUT2D eigenvalue weighted by Gasteiger charge is -2.54. The fourth-order valence-corrected chi connectivity index (χ4v) is 5.82. The molecule has 1 N–H and O–H groups in total. The quantitative estimate of drug-likeness (QED) is 0.632. The summed E-state index contributed by atoms with van der Waals surface area (Å²) >= 11 is 0. The lowest BCUT2D eigenvalue weighted by atomic mass is 9.72. The number of hydrogen-bond donors (Lipinski definition) is 1. The second-order valence-corrected chi connectivity index (χ2v) is 10.2. The summed E-state index contributed by atoms with van der Waals surface area (Å²) in [5.74, 6) is 0.749. The van der Waals surface area contributed by atoms with E-state index in [1.54, 1.807) is 24.3 Å². The van der Waals surface area contributed by atoms with E-state index < -0.39 is 18.2 Å². The Kier molecular flexibility index (Phi) is 6.55. The van der Waals surface area contributed by atoms with Crippen LogP contribution < -0.4 is 14.2 Å². The molecule has 2 saturated heterocycles. The first kappa shape index (κ1) is 24.4. The van der Waals surface area contributed by atoms with Gasteiger partial charge in [-0.25, -0.2) is 4.79 Å². The van der Waals surface area contributed by atoms with E-state index >= 15 is 0 Å². The lowest BCUT2D eigenvalue weighted by Crippen LogP contribution is -2.60. The molecule has 4 atom stereocenters. The Morgan fingerprint density at radius 3 is 2.75 bits per heavy atom. The first-order chi connectivity index (χ1) is 17.3. The molecular formula is C28H33NO7. The summed E-state index contributed by atoms with van der Waals surface area (Å²) in [6, 6.07) is 12.6. The average molecular weight is 496 g/mol. The van der Waals surface area contributed by atoms with Crippen molar-refractivity contribution in [3.05, 3.63) is 53.6 Å². The Morgan fingerprint density at radius 2 is 1.97 bits per heavy atom. The number of carboxylic acids is 1. The van der Waals surface area contributed by atoms with Gasteiger partial charge in [-0.2, -0.15) is 0 Å². The Bertz CT molecular complexity index is 1150. The molecule has 2 aromatic rings. The summed E-state index contributed by atoms with van der Waals surface area (Å²) in [5, 5.41) is 8.90. The highest BCUT2D eigenvalue weighted by molar-refractivity contribution is 5.95. The van der Waals surface area contributed by atoms with Gasteiger partial charge >= 0.3 is 5.97 Å². The zero-order chi connectivity index (χ0) is 25.4. The van der Waals surface area contributed by atoms with E-state index in [2.05, 4.69) is 19.9 Å². The molecule has 2 fully saturated rings. The maximum Gasteiger partial charge on any atom is 0.341 e. The number of para-hydroxylation sites is 1. The molecule has 0 unspecified atom stereocenters. The van der Waals surface area contributed by atoms with Gasteiger partial charge in [0.1, 0.15) is 11.4 Å². The van der Waals surface area contributed by atoms with Crippen molar-refractivity contribution in [2.24, 2.45) is 5.92 Å². The molecule has 8 nitrogen and oxygen atoms in total. The molecule has 192 valence electrons. The van der Waals surface area contributed by atoms with E-state index in [0.717, 1.165) is 36.3 Å². The third-order valence-corrected chi connectivity index (χ3v) is 7.48. The van der Waals surface area contributed by atoms with Crippen molar-refractivity contribution >= 4 is 11.9 Å². The van der Waals surface area contributed by atoms with Crippen molar-refractivity contribution in [2.45, 2.75) is 63.9 Å². The summed E-state index contributed by atoms with van der Waals surface area (Å²) in [6.45, 7) is 6.87. The number of carbonyl (C=O) groups is 2. The van der Waals surface area contributed by atoms with E-state index in [1.807, 2.05) is 24.0 Å². The number of fused-ring (bicyclic) bond motifs is 4. The maximum atomic E-state index is 13.6. The van der Waals surface area contributed by atoms with Gasteiger partial charge in [-0.05, 0) is 64.3 Å². The van der Waals surface area contributed by atoms with Crippen LogP contribution in [0.4, 0.5) is 0 Å². The number of carboxylic acid groups (broad SMARTS) is 1. The molecule has 0 saturated carbocycles. The molecule has 3 heterocycles. The highest BCUT2D eigenvalue weighted by Crippen LogP contribution is 2.54. The summed E-state index contributed by atoms with van der Waals surface area (Å²) in [5.41, 5.74) is 0.981. The van der Waals surface area contributed by atoms with Gasteiger partial charge in [-0.3, -0.25) is 4.79 Å². The Balaban J connectivity index is 1.41. The topological polar surface area (TPSA) is 94.5 Å². The predicted molar refractivity (Wildman–Crippen MR) is 132 cm³/mol. The maximum absolute atomic E-state index is 13.6. The van der Waals surface area contributed by atoms with Crippen LogP contribution in [0.2, 0.25) is 0 Å². The number of hydrogen-bond acceptors (Lipinski definition) is 6. The third-order valence-electron chi connectivity index (χ3n) is 7.48. The molecular weight excluding hydrogens is 462 g/mol. The SMILES string of the molecule is CCOc1cccc2c1OC(C)(C)[C@@H]1C[C@@H]3[C@@H](CCCN3C(=O)c3cccc(OCC(=O)O)c3)O[C@@H]21. The number of likely N-dealkylation sites (tertiary alicyclic amines) is 1. The van der Waals surface area contributed by atoms with Crippen LogP contribution in [0.15, 0.2) is 42.5 Å². The fourth-order valence-electron chi connectivity index (χ4n) is 5.82. The van der Waals surface area contributed by atoms with Crippen LogP contribution in [-0.2, 0) is 9.53 Å². The molecule has 0 aromatic heterocycles.